The third-order valence-electron chi connectivity index (χ3n) is 5.08. The molecule has 1 aliphatic heterocycles. The van der Waals surface area contributed by atoms with Gasteiger partial charge in [0.1, 0.15) is 0 Å². The van der Waals surface area contributed by atoms with Crippen molar-refractivity contribution in [2.24, 2.45) is 11.8 Å². The number of benzene rings is 2. The lowest BCUT2D eigenvalue weighted by Gasteiger charge is -2.34. The largest absolute Gasteiger partial charge is 0.298 e. The first-order chi connectivity index (χ1) is 13.8. The summed E-state index contributed by atoms with van der Waals surface area (Å²) in [5.74, 6) is 0.263. The Balaban J connectivity index is 1.56. The summed E-state index contributed by atoms with van der Waals surface area (Å²) in [6, 6.07) is 13.9. The van der Waals surface area contributed by atoms with E-state index in [4.69, 9.17) is 0 Å². The molecule has 1 amide bonds. The molecule has 152 valence electrons. The minimum absolute atomic E-state index is 0.149. The summed E-state index contributed by atoms with van der Waals surface area (Å²) >= 11 is 1.38. The first-order valence-electron chi connectivity index (χ1n) is 9.60. The molecule has 3 aromatic rings. The van der Waals surface area contributed by atoms with Crippen LogP contribution in [0.1, 0.15) is 30.6 Å². The number of sulfonamides is 1. The summed E-state index contributed by atoms with van der Waals surface area (Å²) in [6.45, 7) is 5.16. The molecule has 2 unspecified atom stereocenters. The maximum Gasteiger partial charge on any atom is 0.257 e. The van der Waals surface area contributed by atoms with Gasteiger partial charge in [-0.1, -0.05) is 43.4 Å². The first kappa shape index (κ1) is 20.0. The molecule has 1 fully saturated rings. The molecule has 1 aromatic heterocycles. The van der Waals surface area contributed by atoms with Crippen LogP contribution < -0.4 is 5.32 Å². The van der Waals surface area contributed by atoms with Crippen LogP contribution in [0.15, 0.2) is 53.4 Å². The molecule has 2 aromatic carbocycles. The van der Waals surface area contributed by atoms with E-state index in [0.29, 0.717) is 35.6 Å². The van der Waals surface area contributed by atoms with Crippen LogP contribution in [0, 0.1) is 11.8 Å². The number of nitrogens with one attached hydrogen (secondary N) is 1. The fraction of sp³-hybridized carbons (Fsp3) is 0.333. The summed E-state index contributed by atoms with van der Waals surface area (Å²) in [5.41, 5.74) is 1.11. The van der Waals surface area contributed by atoms with Gasteiger partial charge in [-0.2, -0.15) is 4.31 Å². The van der Waals surface area contributed by atoms with Gasteiger partial charge in [0.2, 0.25) is 10.0 Å². The monoisotopic (exact) mass is 429 g/mol. The van der Waals surface area contributed by atoms with Gasteiger partial charge >= 0.3 is 0 Å². The SMILES string of the molecule is CC1CC(C)CN(S(=O)(=O)c2cccc(C(=O)Nc3nc4ccccc4s3)c2)C1. The molecule has 4 rings (SSSR count). The van der Waals surface area contributed by atoms with Crippen molar-refractivity contribution in [3.8, 4) is 0 Å². The highest BCUT2D eigenvalue weighted by atomic mass is 32.2. The van der Waals surface area contributed by atoms with Crippen molar-refractivity contribution in [2.75, 3.05) is 18.4 Å². The predicted octanol–water partition coefficient (Wildman–Crippen LogP) is 4.22. The van der Waals surface area contributed by atoms with Gasteiger partial charge < -0.3 is 0 Å². The molecular formula is C21H23N3O3S2. The normalized spacial score (nSPS) is 20.6. The second kappa shape index (κ2) is 7.85. The first-order valence-corrected chi connectivity index (χ1v) is 11.9. The number of hydrogen-bond donors (Lipinski definition) is 1. The second-order valence-corrected chi connectivity index (χ2v) is 10.7. The average Bonchev–Trinajstić information content (AvgIpc) is 3.09. The minimum Gasteiger partial charge on any atom is -0.298 e. The molecule has 0 bridgehead atoms. The number of carbonyl (C=O) groups is 1. The van der Waals surface area contributed by atoms with Crippen LogP contribution in [0.5, 0.6) is 0 Å². The van der Waals surface area contributed by atoms with E-state index in [1.54, 1.807) is 18.2 Å². The van der Waals surface area contributed by atoms with E-state index in [2.05, 4.69) is 24.1 Å². The molecule has 0 aliphatic carbocycles. The lowest BCUT2D eigenvalue weighted by atomic mass is 9.94. The van der Waals surface area contributed by atoms with Gasteiger partial charge in [-0.05, 0) is 48.6 Å². The van der Waals surface area contributed by atoms with Gasteiger partial charge in [0.15, 0.2) is 5.13 Å². The Kier molecular flexibility index (Phi) is 5.42. The van der Waals surface area contributed by atoms with Crippen LogP contribution in [-0.2, 0) is 10.0 Å². The molecule has 1 N–H and O–H groups in total. The highest BCUT2D eigenvalue weighted by Crippen LogP contribution is 2.28. The summed E-state index contributed by atoms with van der Waals surface area (Å²) in [4.78, 5) is 17.2. The molecule has 0 saturated carbocycles. The molecule has 1 saturated heterocycles. The van der Waals surface area contributed by atoms with E-state index in [9.17, 15) is 13.2 Å². The Hall–Kier alpha value is -2.29. The number of para-hydroxylation sites is 1. The fourth-order valence-corrected chi connectivity index (χ4v) is 6.43. The summed E-state index contributed by atoms with van der Waals surface area (Å²) in [5, 5.41) is 3.27. The van der Waals surface area contributed by atoms with Crippen LogP contribution in [-0.4, -0.2) is 36.7 Å². The highest BCUT2D eigenvalue weighted by molar-refractivity contribution is 7.89. The van der Waals surface area contributed by atoms with E-state index in [0.717, 1.165) is 16.6 Å². The molecule has 29 heavy (non-hydrogen) atoms. The number of fused-ring (bicyclic) bond motifs is 1. The van der Waals surface area contributed by atoms with Gasteiger partial charge in [-0.3, -0.25) is 10.1 Å². The van der Waals surface area contributed by atoms with E-state index in [1.165, 1.54) is 21.7 Å². The summed E-state index contributed by atoms with van der Waals surface area (Å²) < 4.78 is 28.7. The zero-order chi connectivity index (χ0) is 20.6. The predicted molar refractivity (Wildman–Crippen MR) is 116 cm³/mol. The zero-order valence-corrected chi connectivity index (χ0v) is 18.0. The number of anilines is 1. The van der Waals surface area contributed by atoms with Crippen molar-refractivity contribution in [3.05, 3.63) is 54.1 Å². The van der Waals surface area contributed by atoms with Crippen molar-refractivity contribution in [3.63, 3.8) is 0 Å². The molecule has 0 radical (unpaired) electrons. The standard InChI is InChI=1S/C21H23N3O3S2/c1-14-10-15(2)13-24(12-14)29(26,27)17-7-5-6-16(11-17)20(25)23-21-22-18-8-3-4-9-19(18)28-21/h3-9,11,14-15H,10,12-13H2,1-2H3,(H,22,23,25). The van der Waals surface area contributed by atoms with Crippen molar-refractivity contribution < 1.29 is 13.2 Å². The highest BCUT2D eigenvalue weighted by Gasteiger charge is 2.32. The summed E-state index contributed by atoms with van der Waals surface area (Å²) in [7, 11) is -3.64. The Morgan fingerprint density at radius 2 is 1.83 bits per heavy atom. The van der Waals surface area contributed by atoms with Crippen LogP contribution in [0.3, 0.4) is 0 Å². The molecular weight excluding hydrogens is 406 g/mol. The molecule has 0 spiro atoms. The lowest BCUT2D eigenvalue weighted by molar-refractivity contribution is 0.102. The lowest BCUT2D eigenvalue weighted by Crippen LogP contribution is -2.42. The molecule has 1 aliphatic rings. The Morgan fingerprint density at radius 1 is 1.10 bits per heavy atom. The number of aromatic nitrogens is 1. The van der Waals surface area contributed by atoms with Crippen molar-refractivity contribution in [1.29, 1.82) is 0 Å². The van der Waals surface area contributed by atoms with E-state index in [1.807, 2.05) is 24.3 Å². The maximum atomic E-state index is 13.1. The van der Waals surface area contributed by atoms with Crippen molar-refractivity contribution >= 4 is 42.6 Å². The van der Waals surface area contributed by atoms with E-state index in [-0.39, 0.29) is 10.8 Å². The van der Waals surface area contributed by atoms with Gasteiger partial charge in [0, 0.05) is 18.7 Å². The number of thiazole rings is 1. The second-order valence-electron chi connectivity index (χ2n) is 7.74. The molecule has 6 nitrogen and oxygen atoms in total. The quantitative estimate of drug-likeness (QED) is 0.674. The number of carbonyl (C=O) groups excluding carboxylic acids is 1. The van der Waals surface area contributed by atoms with Gasteiger partial charge in [-0.15, -0.1) is 0 Å². The average molecular weight is 430 g/mol. The number of amides is 1. The summed E-state index contributed by atoms with van der Waals surface area (Å²) in [6.07, 6.45) is 1.02. The molecule has 2 heterocycles. The van der Waals surface area contributed by atoms with Crippen LogP contribution in [0.2, 0.25) is 0 Å². The third-order valence-corrected chi connectivity index (χ3v) is 7.86. The Bertz CT molecular complexity index is 1110. The smallest absolute Gasteiger partial charge is 0.257 e. The van der Waals surface area contributed by atoms with Crippen molar-refractivity contribution in [2.45, 2.75) is 25.2 Å². The van der Waals surface area contributed by atoms with Gasteiger partial charge in [0.25, 0.3) is 5.91 Å². The fourth-order valence-electron chi connectivity index (χ4n) is 3.84. The number of hydrogen-bond acceptors (Lipinski definition) is 5. The van der Waals surface area contributed by atoms with Gasteiger partial charge in [0.05, 0.1) is 15.1 Å². The van der Waals surface area contributed by atoms with Gasteiger partial charge in [-0.25, -0.2) is 13.4 Å². The van der Waals surface area contributed by atoms with Crippen LogP contribution in [0.25, 0.3) is 10.2 Å². The zero-order valence-electron chi connectivity index (χ0n) is 16.3. The van der Waals surface area contributed by atoms with E-state index >= 15 is 0 Å². The molecule has 8 heteroatoms. The van der Waals surface area contributed by atoms with Crippen molar-refractivity contribution in [1.82, 2.24) is 9.29 Å². The van der Waals surface area contributed by atoms with Crippen LogP contribution in [0.4, 0.5) is 5.13 Å². The van der Waals surface area contributed by atoms with E-state index < -0.39 is 10.0 Å². The Morgan fingerprint density at radius 3 is 2.55 bits per heavy atom. The number of nitrogens with zero attached hydrogens (tertiary/aromatic N) is 2. The number of rotatable bonds is 4. The molecule has 2 atom stereocenters. The number of piperidine rings is 1. The Labute approximate surface area is 174 Å². The third kappa shape index (κ3) is 4.19. The van der Waals surface area contributed by atoms with Crippen LogP contribution >= 0.6 is 11.3 Å². The maximum absolute atomic E-state index is 13.1. The topological polar surface area (TPSA) is 79.4 Å². The minimum atomic E-state index is -3.64.